The molecule has 2 atom stereocenters. The number of rotatable bonds is 7. The lowest BCUT2D eigenvalue weighted by Crippen LogP contribution is -2.45. The van der Waals surface area contributed by atoms with E-state index in [9.17, 15) is 8.42 Å². The summed E-state index contributed by atoms with van der Waals surface area (Å²) in [7, 11) is -3.19. The fourth-order valence-electron chi connectivity index (χ4n) is 4.36. The highest BCUT2D eigenvalue weighted by molar-refractivity contribution is 7.90. The molecule has 0 aromatic heterocycles. The second kappa shape index (κ2) is 10.1. The van der Waals surface area contributed by atoms with Crippen LogP contribution in [0.2, 0.25) is 5.02 Å². The third-order valence-corrected chi connectivity index (χ3v) is 8.31. The van der Waals surface area contributed by atoms with Gasteiger partial charge in [0.05, 0.1) is 28.2 Å². The highest BCUT2D eigenvalue weighted by atomic mass is 35.5. The molecular weight excluding hydrogens is 422 g/mol. The average Bonchev–Trinajstić information content (AvgIpc) is 2.66. The molecule has 30 heavy (non-hydrogen) atoms. The van der Waals surface area contributed by atoms with Crippen LogP contribution in [0.25, 0.3) is 0 Å². The molecule has 0 bridgehead atoms. The normalized spacial score (nSPS) is 28.0. The summed E-state index contributed by atoms with van der Waals surface area (Å²) in [6.07, 6.45) is 4.23. The van der Waals surface area contributed by atoms with Gasteiger partial charge in [-0.05, 0) is 77.5 Å². The Balaban J connectivity index is 1.48. The van der Waals surface area contributed by atoms with Crippen LogP contribution in [0.4, 0.5) is 11.4 Å². The van der Waals surface area contributed by atoms with Crippen LogP contribution in [-0.4, -0.2) is 51.6 Å². The SMILES string of the molecule is CC(C)S(=O)(=O)NC1CCC(CNc2ccc(N3C[C@@H](C)O[C@@H](C)C3)c(Cl)c2)CC1. The highest BCUT2D eigenvalue weighted by Gasteiger charge is 2.27. The number of anilines is 2. The first kappa shape index (κ1) is 23.6. The largest absolute Gasteiger partial charge is 0.385 e. The molecule has 1 saturated carbocycles. The number of hydrogen-bond donors (Lipinski definition) is 2. The van der Waals surface area contributed by atoms with Gasteiger partial charge in [-0.25, -0.2) is 13.1 Å². The molecule has 6 nitrogen and oxygen atoms in total. The summed E-state index contributed by atoms with van der Waals surface area (Å²) in [5, 5.41) is 3.89. The van der Waals surface area contributed by atoms with Crippen molar-refractivity contribution in [1.29, 1.82) is 0 Å². The van der Waals surface area contributed by atoms with E-state index in [1.54, 1.807) is 13.8 Å². The zero-order chi connectivity index (χ0) is 21.9. The van der Waals surface area contributed by atoms with Crippen LogP contribution < -0.4 is 14.9 Å². The van der Waals surface area contributed by atoms with Crippen LogP contribution >= 0.6 is 11.6 Å². The topological polar surface area (TPSA) is 70.7 Å². The first-order chi connectivity index (χ1) is 14.1. The highest BCUT2D eigenvalue weighted by Crippen LogP contribution is 2.32. The van der Waals surface area contributed by atoms with Gasteiger partial charge >= 0.3 is 0 Å². The predicted molar refractivity (Wildman–Crippen MR) is 125 cm³/mol. The van der Waals surface area contributed by atoms with Crippen molar-refractivity contribution >= 4 is 33.0 Å². The van der Waals surface area contributed by atoms with Crippen LogP contribution in [0.1, 0.15) is 53.4 Å². The minimum absolute atomic E-state index is 0.0701. The molecule has 2 N–H and O–H groups in total. The summed E-state index contributed by atoms with van der Waals surface area (Å²) in [6.45, 7) is 10.2. The molecule has 1 aliphatic carbocycles. The van der Waals surface area contributed by atoms with Crippen LogP contribution in [-0.2, 0) is 14.8 Å². The fraction of sp³-hybridized carbons (Fsp3) is 0.727. The van der Waals surface area contributed by atoms with E-state index in [2.05, 4.69) is 40.9 Å². The van der Waals surface area contributed by atoms with Crippen molar-refractivity contribution in [2.24, 2.45) is 5.92 Å². The van der Waals surface area contributed by atoms with Gasteiger partial charge in [-0.15, -0.1) is 0 Å². The molecule has 2 aliphatic rings. The molecule has 1 aromatic rings. The second-order valence-corrected chi connectivity index (χ2v) is 11.8. The summed E-state index contributed by atoms with van der Waals surface area (Å²) >= 11 is 6.60. The lowest BCUT2D eigenvalue weighted by Gasteiger charge is -2.37. The van der Waals surface area contributed by atoms with Gasteiger partial charge in [0.15, 0.2) is 0 Å². The Morgan fingerprint density at radius 2 is 1.77 bits per heavy atom. The number of nitrogens with one attached hydrogen (secondary N) is 2. The molecule has 0 unspecified atom stereocenters. The maximum absolute atomic E-state index is 12.1. The molecular formula is C22H36ClN3O3S. The number of hydrogen-bond acceptors (Lipinski definition) is 5. The van der Waals surface area contributed by atoms with Crippen LogP contribution in [0.3, 0.4) is 0 Å². The van der Waals surface area contributed by atoms with Gasteiger partial charge in [0.25, 0.3) is 0 Å². The zero-order valence-electron chi connectivity index (χ0n) is 18.5. The standard InChI is InChI=1S/C22H36ClN3O3S/c1-15(2)30(27,28)25-19-7-5-18(6-8-19)12-24-20-9-10-22(21(23)11-20)26-13-16(3)29-17(4)14-26/h9-11,15-19,24-25H,5-8,12-14H2,1-4H3/t16-,17+,18?,19?. The Hall–Kier alpha value is -1.02. The molecule has 1 heterocycles. The van der Waals surface area contributed by atoms with Crippen molar-refractivity contribution in [2.75, 3.05) is 29.9 Å². The average molecular weight is 458 g/mol. The summed E-state index contributed by atoms with van der Waals surface area (Å²) < 4.78 is 32.8. The van der Waals surface area contributed by atoms with Gasteiger partial charge in [-0.1, -0.05) is 11.6 Å². The van der Waals surface area contributed by atoms with Crippen molar-refractivity contribution in [2.45, 2.75) is 76.9 Å². The van der Waals surface area contributed by atoms with E-state index in [1.807, 2.05) is 6.07 Å². The predicted octanol–water partition coefficient (Wildman–Crippen LogP) is 4.25. The molecule has 0 spiro atoms. The molecule has 1 aliphatic heterocycles. The van der Waals surface area contributed by atoms with Crippen molar-refractivity contribution in [3.05, 3.63) is 23.2 Å². The first-order valence-corrected chi connectivity index (χ1v) is 13.0. The van der Waals surface area contributed by atoms with Gasteiger partial charge < -0.3 is 15.0 Å². The van der Waals surface area contributed by atoms with Gasteiger partial charge in [0.1, 0.15) is 0 Å². The Morgan fingerprint density at radius 1 is 1.13 bits per heavy atom. The molecule has 1 saturated heterocycles. The minimum Gasteiger partial charge on any atom is -0.385 e. The number of ether oxygens (including phenoxy) is 1. The smallest absolute Gasteiger partial charge is 0.214 e. The third kappa shape index (κ3) is 6.25. The molecule has 0 amide bonds. The van der Waals surface area contributed by atoms with Crippen LogP contribution in [0.15, 0.2) is 18.2 Å². The van der Waals surface area contributed by atoms with Crippen molar-refractivity contribution in [3.63, 3.8) is 0 Å². The van der Waals surface area contributed by atoms with E-state index < -0.39 is 10.0 Å². The van der Waals surface area contributed by atoms with E-state index in [1.165, 1.54) is 0 Å². The van der Waals surface area contributed by atoms with E-state index in [4.69, 9.17) is 16.3 Å². The number of nitrogens with zero attached hydrogens (tertiary/aromatic N) is 1. The lowest BCUT2D eigenvalue weighted by atomic mass is 9.86. The quantitative estimate of drug-likeness (QED) is 0.640. The third-order valence-electron chi connectivity index (χ3n) is 6.10. The summed E-state index contributed by atoms with van der Waals surface area (Å²) in [5.41, 5.74) is 2.09. The van der Waals surface area contributed by atoms with Crippen LogP contribution in [0, 0.1) is 5.92 Å². The van der Waals surface area contributed by atoms with Gasteiger partial charge in [0, 0.05) is 31.4 Å². The maximum atomic E-state index is 12.1. The van der Waals surface area contributed by atoms with Gasteiger partial charge in [-0.3, -0.25) is 0 Å². The van der Waals surface area contributed by atoms with Crippen molar-refractivity contribution in [3.8, 4) is 0 Å². The number of benzene rings is 1. The fourth-order valence-corrected chi connectivity index (χ4v) is 5.64. The summed E-state index contributed by atoms with van der Waals surface area (Å²) in [4.78, 5) is 2.30. The molecule has 1 aromatic carbocycles. The number of morpholine rings is 1. The van der Waals surface area contributed by atoms with Gasteiger partial charge in [-0.2, -0.15) is 0 Å². The van der Waals surface area contributed by atoms with Crippen molar-refractivity contribution < 1.29 is 13.2 Å². The van der Waals surface area contributed by atoms with E-state index in [0.717, 1.165) is 61.7 Å². The number of halogens is 1. The Kier molecular flexibility index (Phi) is 7.93. The summed E-state index contributed by atoms with van der Waals surface area (Å²) in [6, 6.07) is 6.26. The Bertz CT molecular complexity index is 800. The molecule has 170 valence electrons. The second-order valence-electron chi connectivity index (χ2n) is 9.14. The van der Waals surface area contributed by atoms with Crippen LogP contribution in [0.5, 0.6) is 0 Å². The van der Waals surface area contributed by atoms with E-state index in [-0.39, 0.29) is 23.5 Å². The number of sulfonamides is 1. The van der Waals surface area contributed by atoms with E-state index >= 15 is 0 Å². The zero-order valence-corrected chi connectivity index (χ0v) is 20.1. The molecule has 0 radical (unpaired) electrons. The molecule has 3 rings (SSSR count). The molecule has 8 heteroatoms. The van der Waals surface area contributed by atoms with Gasteiger partial charge in [0.2, 0.25) is 10.0 Å². The monoisotopic (exact) mass is 457 g/mol. The molecule has 2 fully saturated rings. The van der Waals surface area contributed by atoms with E-state index in [0.29, 0.717) is 5.92 Å². The summed E-state index contributed by atoms with van der Waals surface area (Å²) in [5.74, 6) is 0.546. The van der Waals surface area contributed by atoms with Crippen molar-refractivity contribution in [1.82, 2.24) is 4.72 Å². The first-order valence-electron chi connectivity index (χ1n) is 11.1. The lowest BCUT2D eigenvalue weighted by molar-refractivity contribution is -0.00520. The minimum atomic E-state index is -3.19. The Labute approximate surface area is 186 Å². The maximum Gasteiger partial charge on any atom is 0.214 e. The Morgan fingerprint density at radius 3 is 2.33 bits per heavy atom.